The van der Waals surface area contributed by atoms with Crippen LogP contribution in [0.2, 0.25) is 13.1 Å². The molecule has 82 valence electrons. The van der Waals surface area contributed by atoms with Gasteiger partial charge < -0.3 is 5.11 Å². The summed E-state index contributed by atoms with van der Waals surface area (Å²) in [6, 6.07) is 11.8. The SMILES string of the molecule is C[Si](C)(/C=C\CCO)Cc1ccccc1. The van der Waals surface area contributed by atoms with Crippen LogP contribution in [0.4, 0.5) is 0 Å². The number of aliphatic hydroxyl groups is 1. The minimum atomic E-state index is -1.27. The highest BCUT2D eigenvalue weighted by molar-refractivity contribution is 6.81. The molecule has 0 amide bonds. The fourth-order valence-electron chi connectivity index (χ4n) is 1.66. The Bertz CT molecular complexity index is 304. The van der Waals surface area contributed by atoms with E-state index in [1.165, 1.54) is 11.6 Å². The van der Waals surface area contributed by atoms with Crippen LogP contribution in [0.1, 0.15) is 12.0 Å². The van der Waals surface area contributed by atoms with Gasteiger partial charge in [0.05, 0.1) is 8.07 Å². The van der Waals surface area contributed by atoms with E-state index in [0.717, 1.165) is 6.42 Å². The molecule has 0 atom stereocenters. The molecule has 1 N–H and O–H groups in total. The van der Waals surface area contributed by atoms with E-state index < -0.39 is 8.07 Å². The highest BCUT2D eigenvalue weighted by Crippen LogP contribution is 2.13. The minimum absolute atomic E-state index is 0.256. The first-order valence-electron chi connectivity index (χ1n) is 5.46. The van der Waals surface area contributed by atoms with Gasteiger partial charge in [-0.3, -0.25) is 0 Å². The zero-order valence-corrected chi connectivity index (χ0v) is 10.6. The van der Waals surface area contributed by atoms with Crippen LogP contribution in [0.5, 0.6) is 0 Å². The molecule has 0 aliphatic rings. The van der Waals surface area contributed by atoms with Crippen LogP contribution in [0.3, 0.4) is 0 Å². The van der Waals surface area contributed by atoms with Crippen molar-refractivity contribution < 1.29 is 5.11 Å². The molecule has 0 heterocycles. The lowest BCUT2D eigenvalue weighted by atomic mass is 10.2. The Kier molecular flexibility index (Phi) is 4.79. The summed E-state index contributed by atoms with van der Waals surface area (Å²) < 4.78 is 0. The van der Waals surface area contributed by atoms with E-state index in [1.54, 1.807) is 0 Å². The third-order valence-corrected chi connectivity index (χ3v) is 4.82. The van der Waals surface area contributed by atoms with Crippen molar-refractivity contribution in [3.63, 3.8) is 0 Å². The summed E-state index contributed by atoms with van der Waals surface area (Å²) in [6.45, 7) is 4.97. The van der Waals surface area contributed by atoms with Gasteiger partial charge >= 0.3 is 0 Å². The topological polar surface area (TPSA) is 20.2 Å². The number of benzene rings is 1. The van der Waals surface area contributed by atoms with E-state index in [1.807, 2.05) is 0 Å². The zero-order chi connectivity index (χ0) is 11.1. The average Bonchev–Trinajstić information content (AvgIpc) is 2.18. The first kappa shape index (κ1) is 12.2. The third kappa shape index (κ3) is 4.95. The quantitative estimate of drug-likeness (QED) is 0.756. The van der Waals surface area contributed by atoms with Gasteiger partial charge in [-0.15, -0.1) is 0 Å². The van der Waals surface area contributed by atoms with Crippen molar-refractivity contribution in [3.8, 4) is 0 Å². The molecule has 1 aromatic rings. The van der Waals surface area contributed by atoms with Crippen LogP contribution < -0.4 is 0 Å². The van der Waals surface area contributed by atoms with Crippen molar-refractivity contribution in [1.82, 2.24) is 0 Å². The molecule has 0 fully saturated rings. The summed E-state index contributed by atoms with van der Waals surface area (Å²) in [5, 5.41) is 8.72. The molecule has 2 heteroatoms. The Morgan fingerprint density at radius 1 is 1.20 bits per heavy atom. The van der Waals surface area contributed by atoms with Gasteiger partial charge in [0.2, 0.25) is 0 Å². The third-order valence-electron chi connectivity index (χ3n) is 2.37. The van der Waals surface area contributed by atoms with Gasteiger partial charge in [-0.25, -0.2) is 0 Å². The normalized spacial score (nSPS) is 12.2. The molecule has 1 aromatic carbocycles. The van der Waals surface area contributed by atoms with Crippen LogP contribution in [-0.2, 0) is 6.04 Å². The lowest BCUT2D eigenvalue weighted by Crippen LogP contribution is -2.26. The van der Waals surface area contributed by atoms with E-state index in [0.29, 0.717) is 0 Å². The predicted octanol–water partition coefficient (Wildman–Crippen LogP) is 2.95. The first-order chi connectivity index (χ1) is 7.14. The Hall–Kier alpha value is -0.863. The lowest BCUT2D eigenvalue weighted by Gasteiger charge is -2.17. The highest BCUT2D eigenvalue weighted by atomic mass is 28.3. The second kappa shape index (κ2) is 5.88. The Labute approximate surface area is 93.5 Å². The Morgan fingerprint density at radius 2 is 1.87 bits per heavy atom. The molecule has 0 saturated carbocycles. The molecule has 0 saturated heterocycles. The van der Waals surface area contributed by atoms with Gasteiger partial charge in [0.1, 0.15) is 0 Å². The van der Waals surface area contributed by atoms with Crippen LogP contribution in [0, 0.1) is 0 Å². The van der Waals surface area contributed by atoms with Gasteiger partial charge in [-0.1, -0.05) is 60.8 Å². The van der Waals surface area contributed by atoms with Crippen LogP contribution in [-0.4, -0.2) is 19.8 Å². The van der Waals surface area contributed by atoms with E-state index in [-0.39, 0.29) is 6.61 Å². The molecule has 0 aliphatic heterocycles. The monoisotopic (exact) mass is 220 g/mol. The summed E-state index contributed by atoms with van der Waals surface area (Å²) >= 11 is 0. The number of aliphatic hydroxyl groups excluding tert-OH is 1. The van der Waals surface area contributed by atoms with Gasteiger partial charge in [-0.2, -0.15) is 0 Å². The molecule has 0 spiro atoms. The van der Waals surface area contributed by atoms with Crippen LogP contribution >= 0.6 is 0 Å². The summed E-state index contributed by atoms with van der Waals surface area (Å²) in [5.41, 5.74) is 3.75. The fourth-order valence-corrected chi connectivity index (χ4v) is 3.87. The van der Waals surface area contributed by atoms with Crippen LogP contribution in [0.25, 0.3) is 0 Å². The number of rotatable bonds is 5. The van der Waals surface area contributed by atoms with Gasteiger partial charge in [0, 0.05) is 6.61 Å². The molecule has 0 bridgehead atoms. The molecular weight excluding hydrogens is 200 g/mol. The number of hydrogen-bond donors (Lipinski definition) is 1. The standard InChI is InChI=1S/C13H20OSi/c1-15(2,11-7-6-10-14)12-13-8-4-3-5-9-13/h3-5,7-9,11,14H,6,10,12H2,1-2H3/b11-7-. The second-order valence-corrected chi connectivity index (χ2v) is 9.23. The maximum Gasteiger partial charge on any atom is 0.0756 e. The summed E-state index contributed by atoms with van der Waals surface area (Å²) in [6.07, 6.45) is 2.90. The molecular formula is C13H20OSi. The second-order valence-electron chi connectivity index (χ2n) is 4.57. The van der Waals surface area contributed by atoms with E-state index in [9.17, 15) is 0 Å². The highest BCUT2D eigenvalue weighted by Gasteiger charge is 2.16. The maximum atomic E-state index is 8.72. The van der Waals surface area contributed by atoms with E-state index in [2.05, 4.69) is 55.2 Å². The van der Waals surface area contributed by atoms with Crippen molar-refractivity contribution in [3.05, 3.63) is 47.7 Å². The van der Waals surface area contributed by atoms with Gasteiger partial charge in [0.15, 0.2) is 0 Å². The largest absolute Gasteiger partial charge is 0.396 e. The first-order valence-corrected chi connectivity index (χ1v) is 8.75. The van der Waals surface area contributed by atoms with Crippen molar-refractivity contribution in [2.45, 2.75) is 25.6 Å². The van der Waals surface area contributed by atoms with E-state index in [4.69, 9.17) is 5.11 Å². The minimum Gasteiger partial charge on any atom is -0.396 e. The van der Waals surface area contributed by atoms with Gasteiger partial charge in [0.25, 0.3) is 0 Å². The number of hydrogen-bond acceptors (Lipinski definition) is 1. The Balaban J connectivity index is 2.56. The zero-order valence-electron chi connectivity index (χ0n) is 9.61. The molecule has 0 unspecified atom stereocenters. The van der Waals surface area contributed by atoms with Gasteiger partial charge in [-0.05, 0) is 12.5 Å². The van der Waals surface area contributed by atoms with Crippen molar-refractivity contribution in [2.75, 3.05) is 6.61 Å². The maximum absolute atomic E-state index is 8.72. The molecule has 1 nitrogen and oxygen atoms in total. The summed E-state index contributed by atoms with van der Waals surface area (Å²) in [4.78, 5) is 0. The lowest BCUT2D eigenvalue weighted by molar-refractivity contribution is 0.302. The van der Waals surface area contributed by atoms with Crippen LogP contribution in [0.15, 0.2) is 42.1 Å². The van der Waals surface area contributed by atoms with E-state index >= 15 is 0 Å². The summed E-state index contributed by atoms with van der Waals surface area (Å²) in [7, 11) is -1.27. The van der Waals surface area contributed by atoms with Crippen molar-refractivity contribution in [2.24, 2.45) is 0 Å². The molecule has 15 heavy (non-hydrogen) atoms. The molecule has 0 radical (unpaired) electrons. The predicted molar refractivity (Wildman–Crippen MR) is 68.5 cm³/mol. The molecule has 0 aliphatic carbocycles. The fraction of sp³-hybridized carbons (Fsp3) is 0.385. The van der Waals surface area contributed by atoms with Crippen molar-refractivity contribution in [1.29, 1.82) is 0 Å². The smallest absolute Gasteiger partial charge is 0.0756 e. The average molecular weight is 220 g/mol. The molecule has 0 aromatic heterocycles. The molecule has 1 rings (SSSR count). The summed E-state index contributed by atoms with van der Waals surface area (Å²) in [5.74, 6) is 0. The Morgan fingerprint density at radius 3 is 2.47 bits per heavy atom. The van der Waals surface area contributed by atoms with Crippen molar-refractivity contribution >= 4 is 8.07 Å².